The minimum Gasteiger partial charge on any atom is -0.326 e. The van der Waals surface area contributed by atoms with Crippen LogP contribution in [0.25, 0.3) is 0 Å². The topological polar surface area (TPSA) is 70.2 Å². The van der Waals surface area contributed by atoms with Gasteiger partial charge in [0.05, 0.1) is 0 Å². The van der Waals surface area contributed by atoms with Gasteiger partial charge in [0.15, 0.2) is 0 Å². The van der Waals surface area contributed by atoms with E-state index < -0.39 is 0 Å². The van der Waals surface area contributed by atoms with Crippen LogP contribution in [0.3, 0.4) is 0 Å². The molecule has 0 radical (unpaired) electrons. The molecule has 0 saturated heterocycles. The first kappa shape index (κ1) is 15.3. The molecule has 0 aliphatic carbocycles. The number of unbranched alkanes of at least 4 members (excludes halogenated alkanes) is 1. The number of amides is 2. The Hall–Kier alpha value is -2.14. The van der Waals surface area contributed by atoms with Crippen molar-refractivity contribution >= 4 is 23.2 Å². The monoisotopic (exact) mass is 287 g/mol. The van der Waals surface area contributed by atoms with Gasteiger partial charge in [0.1, 0.15) is 6.04 Å². The third kappa shape index (κ3) is 4.72. The Morgan fingerprint density at radius 1 is 1.19 bits per heavy atom. The lowest BCUT2D eigenvalue weighted by molar-refractivity contribution is -0.117. The molecular formula is C16H21N3O2. The van der Waals surface area contributed by atoms with Crippen molar-refractivity contribution in [3.63, 3.8) is 0 Å². The van der Waals surface area contributed by atoms with Crippen molar-refractivity contribution in [2.24, 2.45) is 0 Å². The minimum atomic E-state index is -0.265. The molecule has 1 aromatic rings. The first-order chi connectivity index (χ1) is 10.2. The SMILES string of the molecule is CCCCC(=O)Nc1ccc(NC(=O)[C@H]2C=CCN2)cc1. The van der Waals surface area contributed by atoms with Crippen molar-refractivity contribution < 1.29 is 9.59 Å². The normalized spacial score (nSPS) is 16.7. The molecular weight excluding hydrogens is 266 g/mol. The van der Waals surface area contributed by atoms with Gasteiger partial charge in [0.25, 0.3) is 0 Å². The minimum absolute atomic E-state index is 0.0222. The molecule has 21 heavy (non-hydrogen) atoms. The van der Waals surface area contributed by atoms with Crippen LogP contribution in [0.5, 0.6) is 0 Å². The van der Waals surface area contributed by atoms with Gasteiger partial charge in [0, 0.05) is 24.3 Å². The molecule has 1 aromatic carbocycles. The summed E-state index contributed by atoms with van der Waals surface area (Å²) in [7, 11) is 0. The van der Waals surface area contributed by atoms with E-state index in [-0.39, 0.29) is 17.9 Å². The van der Waals surface area contributed by atoms with E-state index in [1.54, 1.807) is 24.3 Å². The van der Waals surface area contributed by atoms with Crippen molar-refractivity contribution in [3.05, 3.63) is 36.4 Å². The Kier molecular flexibility index (Phi) is 5.51. The zero-order valence-electron chi connectivity index (χ0n) is 12.2. The molecule has 2 amide bonds. The summed E-state index contributed by atoms with van der Waals surface area (Å²) in [5.41, 5.74) is 1.46. The van der Waals surface area contributed by atoms with Crippen LogP contribution in [0.2, 0.25) is 0 Å². The number of hydrogen-bond acceptors (Lipinski definition) is 3. The van der Waals surface area contributed by atoms with E-state index in [1.807, 2.05) is 12.2 Å². The molecule has 112 valence electrons. The van der Waals surface area contributed by atoms with Gasteiger partial charge in [-0.3, -0.25) is 14.9 Å². The number of rotatable bonds is 6. The third-order valence-electron chi connectivity index (χ3n) is 3.26. The smallest absolute Gasteiger partial charge is 0.245 e. The Labute approximate surface area is 124 Å². The second-order valence-corrected chi connectivity index (χ2v) is 5.03. The van der Waals surface area contributed by atoms with Crippen LogP contribution < -0.4 is 16.0 Å². The van der Waals surface area contributed by atoms with E-state index >= 15 is 0 Å². The summed E-state index contributed by atoms with van der Waals surface area (Å²) in [5.74, 6) is -0.0580. The number of anilines is 2. The van der Waals surface area contributed by atoms with Crippen LogP contribution >= 0.6 is 0 Å². The van der Waals surface area contributed by atoms with Crippen molar-refractivity contribution in [2.45, 2.75) is 32.2 Å². The highest BCUT2D eigenvalue weighted by Gasteiger charge is 2.17. The number of benzene rings is 1. The fourth-order valence-electron chi connectivity index (χ4n) is 2.06. The highest BCUT2D eigenvalue weighted by Crippen LogP contribution is 2.14. The molecule has 1 heterocycles. The van der Waals surface area contributed by atoms with Crippen molar-refractivity contribution in [3.8, 4) is 0 Å². The van der Waals surface area contributed by atoms with Gasteiger partial charge in [-0.1, -0.05) is 25.5 Å². The fraction of sp³-hybridized carbons (Fsp3) is 0.375. The number of carbonyl (C=O) groups excluding carboxylic acids is 2. The number of hydrogen-bond donors (Lipinski definition) is 3. The Morgan fingerprint density at radius 2 is 1.86 bits per heavy atom. The maximum absolute atomic E-state index is 11.9. The van der Waals surface area contributed by atoms with Crippen molar-refractivity contribution in [1.82, 2.24) is 5.32 Å². The van der Waals surface area contributed by atoms with Crippen molar-refractivity contribution in [1.29, 1.82) is 0 Å². The van der Waals surface area contributed by atoms with Gasteiger partial charge < -0.3 is 10.6 Å². The predicted molar refractivity (Wildman–Crippen MR) is 84.2 cm³/mol. The molecule has 2 rings (SSSR count). The van der Waals surface area contributed by atoms with Crippen LogP contribution in [-0.2, 0) is 9.59 Å². The van der Waals surface area contributed by atoms with Gasteiger partial charge >= 0.3 is 0 Å². The van der Waals surface area contributed by atoms with E-state index in [0.717, 1.165) is 25.1 Å². The number of nitrogens with one attached hydrogen (secondary N) is 3. The van der Waals surface area contributed by atoms with Crippen LogP contribution in [-0.4, -0.2) is 24.4 Å². The molecule has 0 saturated carbocycles. The summed E-state index contributed by atoms with van der Waals surface area (Å²) in [6, 6.07) is 6.88. The lowest BCUT2D eigenvalue weighted by Gasteiger charge is -2.11. The van der Waals surface area contributed by atoms with E-state index in [1.165, 1.54) is 0 Å². The summed E-state index contributed by atoms with van der Waals surface area (Å²) >= 11 is 0. The Bertz CT molecular complexity index is 523. The average molecular weight is 287 g/mol. The van der Waals surface area contributed by atoms with E-state index in [0.29, 0.717) is 12.1 Å². The first-order valence-corrected chi connectivity index (χ1v) is 7.30. The zero-order valence-corrected chi connectivity index (χ0v) is 12.2. The quantitative estimate of drug-likeness (QED) is 0.703. The summed E-state index contributed by atoms with van der Waals surface area (Å²) in [4.78, 5) is 23.5. The second kappa shape index (κ2) is 7.59. The van der Waals surface area contributed by atoms with Gasteiger partial charge in [0.2, 0.25) is 11.8 Å². The van der Waals surface area contributed by atoms with Gasteiger partial charge in [-0.05, 0) is 30.7 Å². The molecule has 0 bridgehead atoms. The van der Waals surface area contributed by atoms with E-state index in [2.05, 4.69) is 22.9 Å². The van der Waals surface area contributed by atoms with Gasteiger partial charge in [-0.15, -0.1) is 0 Å². The summed E-state index contributed by atoms with van der Waals surface area (Å²) in [6.45, 7) is 2.78. The predicted octanol–water partition coefficient (Wildman–Crippen LogP) is 2.28. The van der Waals surface area contributed by atoms with E-state index in [4.69, 9.17) is 0 Å². The molecule has 1 atom stereocenters. The summed E-state index contributed by atoms with van der Waals surface area (Å²) in [6.07, 6.45) is 6.20. The fourth-order valence-corrected chi connectivity index (χ4v) is 2.06. The Morgan fingerprint density at radius 3 is 2.43 bits per heavy atom. The second-order valence-electron chi connectivity index (χ2n) is 5.03. The van der Waals surface area contributed by atoms with Gasteiger partial charge in [-0.2, -0.15) is 0 Å². The molecule has 0 spiro atoms. The summed E-state index contributed by atoms with van der Waals surface area (Å²) < 4.78 is 0. The molecule has 5 nitrogen and oxygen atoms in total. The average Bonchev–Trinajstić information content (AvgIpc) is 3.01. The third-order valence-corrected chi connectivity index (χ3v) is 3.26. The Balaban J connectivity index is 1.85. The highest BCUT2D eigenvalue weighted by atomic mass is 16.2. The van der Waals surface area contributed by atoms with Crippen LogP contribution in [0.15, 0.2) is 36.4 Å². The molecule has 5 heteroatoms. The van der Waals surface area contributed by atoms with Crippen LogP contribution in [0.4, 0.5) is 11.4 Å². The largest absolute Gasteiger partial charge is 0.326 e. The van der Waals surface area contributed by atoms with Crippen molar-refractivity contribution in [2.75, 3.05) is 17.2 Å². The van der Waals surface area contributed by atoms with Crippen LogP contribution in [0, 0.1) is 0 Å². The first-order valence-electron chi connectivity index (χ1n) is 7.30. The summed E-state index contributed by atoms with van der Waals surface area (Å²) in [5, 5.41) is 8.72. The molecule has 0 unspecified atom stereocenters. The molecule has 1 aliphatic heterocycles. The van der Waals surface area contributed by atoms with E-state index in [9.17, 15) is 9.59 Å². The molecule has 0 fully saturated rings. The van der Waals surface area contributed by atoms with Gasteiger partial charge in [-0.25, -0.2) is 0 Å². The zero-order chi connectivity index (χ0) is 15.1. The lowest BCUT2D eigenvalue weighted by atomic mass is 10.2. The maximum atomic E-state index is 11.9. The molecule has 0 aromatic heterocycles. The van der Waals surface area contributed by atoms with Crippen LogP contribution in [0.1, 0.15) is 26.2 Å². The molecule has 1 aliphatic rings. The maximum Gasteiger partial charge on any atom is 0.245 e. The molecule has 3 N–H and O–H groups in total. The standard InChI is InChI=1S/C16H21N3O2/c1-2-3-6-15(20)18-12-7-9-13(10-8-12)19-16(21)14-5-4-11-17-14/h4-5,7-10,14,17H,2-3,6,11H2,1H3,(H,18,20)(H,19,21)/t14-/m1/s1. The lowest BCUT2D eigenvalue weighted by Crippen LogP contribution is -2.35. The number of carbonyl (C=O) groups is 2. The highest BCUT2D eigenvalue weighted by molar-refractivity contribution is 5.97.